The van der Waals surface area contributed by atoms with E-state index < -0.39 is 17.9 Å². The van der Waals surface area contributed by atoms with E-state index in [0.717, 1.165) is 16.4 Å². The number of nitrogens with one attached hydrogen (secondary N) is 1. The molecule has 1 aromatic heterocycles. The zero-order chi connectivity index (χ0) is 20.7. The van der Waals surface area contributed by atoms with Gasteiger partial charge in [0, 0.05) is 27.7 Å². The first-order valence-corrected chi connectivity index (χ1v) is 9.23. The van der Waals surface area contributed by atoms with Crippen LogP contribution in [-0.2, 0) is 19.1 Å². The Hall–Kier alpha value is -3.54. The molecule has 1 aliphatic rings. The second kappa shape index (κ2) is 7.13. The number of esters is 2. The molecule has 3 aromatic rings. The molecule has 2 heterocycles. The maximum absolute atomic E-state index is 12.7. The van der Waals surface area contributed by atoms with Gasteiger partial charge in [0.2, 0.25) is 0 Å². The molecule has 0 aliphatic carbocycles. The number of allylic oxidation sites excluding steroid dienone is 2. The third-order valence-corrected chi connectivity index (χ3v) is 5.32. The number of fused-ring (bicyclic) bond motifs is 3. The van der Waals surface area contributed by atoms with Gasteiger partial charge in [-0.2, -0.15) is 0 Å². The highest BCUT2D eigenvalue weighted by Gasteiger charge is 2.39. The summed E-state index contributed by atoms with van der Waals surface area (Å²) >= 11 is 0. The molecule has 6 heteroatoms. The summed E-state index contributed by atoms with van der Waals surface area (Å²) in [5.41, 5.74) is 4.03. The number of furan rings is 1. The van der Waals surface area contributed by atoms with Gasteiger partial charge in [-0.3, -0.25) is 0 Å². The van der Waals surface area contributed by atoms with E-state index in [-0.39, 0.29) is 0 Å². The van der Waals surface area contributed by atoms with E-state index in [1.807, 2.05) is 42.5 Å². The van der Waals surface area contributed by atoms with Crippen molar-refractivity contribution >= 4 is 33.9 Å². The lowest BCUT2D eigenvalue weighted by atomic mass is 9.80. The second-order valence-corrected chi connectivity index (χ2v) is 6.94. The minimum Gasteiger partial charge on any atom is -0.466 e. The summed E-state index contributed by atoms with van der Waals surface area (Å²) in [6.07, 6.45) is 0. The fourth-order valence-corrected chi connectivity index (χ4v) is 4.06. The Bertz CT molecular complexity index is 1180. The number of para-hydroxylation sites is 2. The van der Waals surface area contributed by atoms with Gasteiger partial charge in [0.15, 0.2) is 0 Å². The summed E-state index contributed by atoms with van der Waals surface area (Å²) in [5.74, 6) is -1.70. The van der Waals surface area contributed by atoms with Crippen molar-refractivity contribution in [3.8, 4) is 0 Å². The molecule has 29 heavy (non-hydrogen) atoms. The maximum atomic E-state index is 12.7. The lowest BCUT2D eigenvalue weighted by Crippen LogP contribution is -2.32. The highest BCUT2D eigenvalue weighted by molar-refractivity contribution is 6.08. The third-order valence-electron chi connectivity index (χ3n) is 5.32. The lowest BCUT2D eigenvalue weighted by molar-refractivity contribution is -0.137. The van der Waals surface area contributed by atoms with Crippen molar-refractivity contribution in [2.24, 2.45) is 0 Å². The molecule has 0 unspecified atom stereocenters. The first-order chi connectivity index (χ1) is 14.0. The normalized spacial score (nSPS) is 15.0. The molecule has 0 fully saturated rings. The van der Waals surface area contributed by atoms with E-state index in [0.29, 0.717) is 33.7 Å². The lowest BCUT2D eigenvalue weighted by Gasteiger charge is -2.30. The highest BCUT2D eigenvalue weighted by Crippen LogP contribution is 2.43. The third kappa shape index (κ3) is 2.88. The minimum atomic E-state index is -0.680. The Morgan fingerprint density at radius 2 is 1.45 bits per heavy atom. The minimum absolute atomic E-state index is 0.353. The van der Waals surface area contributed by atoms with Crippen LogP contribution < -0.4 is 5.32 Å². The molecule has 0 spiro atoms. The summed E-state index contributed by atoms with van der Waals surface area (Å²) < 4.78 is 16.2. The molecule has 6 nitrogen and oxygen atoms in total. The topological polar surface area (TPSA) is 77.8 Å². The molecule has 1 N–H and O–H groups in total. The van der Waals surface area contributed by atoms with Gasteiger partial charge in [0.05, 0.1) is 31.3 Å². The number of benzene rings is 2. The predicted molar refractivity (Wildman–Crippen MR) is 109 cm³/mol. The number of dihydropyridines is 1. The van der Waals surface area contributed by atoms with Crippen molar-refractivity contribution < 1.29 is 23.5 Å². The Labute approximate surface area is 167 Å². The van der Waals surface area contributed by atoms with Crippen LogP contribution in [0.25, 0.3) is 21.9 Å². The monoisotopic (exact) mass is 391 g/mol. The van der Waals surface area contributed by atoms with Crippen molar-refractivity contribution in [2.75, 3.05) is 14.2 Å². The molecular formula is C23H21NO5. The van der Waals surface area contributed by atoms with Crippen molar-refractivity contribution in [3.63, 3.8) is 0 Å². The molecule has 1 aliphatic heterocycles. The maximum Gasteiger partial charge on any atom is 0.336 e. The van der Waals surface area contributed by atoms with Crippen LogP contribution in [0.15, 0.2) is 69.4 Å². The number of carbonyl (C=O) groups is 2. The number of hydrogen-bond donors (Lipinski definition) is 1. The Morgan fingerprint density at radius 3 is 2.07 bits per heavy atom. The van der Waals surface area contributed by atoms with Crippen molar-refractivity contribution in [1.82, 2.24) is 5.32 Å². The van der Waals surface area contributed by atoms with E-state index in [1.165, 1.54) is 14.2 Å². The van der Waals surface area contributed by atoms with E-state index in [2.05, 4.69) is 5.32 Å². The van der Waals surface area contributed by atoms with Crippen molar-refractivity contribution in [1.29, 1.82) is 0 Å². The molecule has 0 amide bonds. The number of ether oxygens (including phenoxy) is 2. The van der Waals surface area contributed by atoms with Gasteiger partial charge >= 0.3 is 11.9 Å². The molecule has 4 rings (SSSR count). The molecule has 2 aromatic carbocycles. The van der Waals surface area contributed by atoms with Gasteiger partial charge in [-0.25, -0.2) is 9.59 Å². The number of hydrogen-bond acceptors (Lipinski definition) is 6. The van der Waals surface area contributed by atoms with E-state index in [4.69, 9.17) is 13.9 Å². The summed E-state index contributed by atoms with van der Waals surface area (Å²) in [6.45, 7) is 3.57. The summed E-state index contributed by atoms with van der Waals surface area (Å²) in [7, 11) is 2.65. The molecule has 0 saturated heterocycles. The Morgan fingerprint density at radius 1 is 0.862 bits per heavy atom. The first kappa shape index (κ1) is 18.8. The fourth-order valence-electron chi connectivity index (χ4n) is 4.06. The summed E-state index contributed by atoms with van der Waals surface area (Å²) in [6, 6.07) is 13.5. The molecule has 0 saturated carbocycles. The van der Waals surface area contributed by atoms with Crippen LogP contribution in [0.1, 0.15) is 25.3 Å². The van der Waals surface area contributed by atoms with Gasteiger partial charge in [-0.05, 0) is 19.9 Å². The van der Waals surface area contributed by atoms with Crippen LogP contribution in [0.5, 0.6) is 0 Å². The SMILES string of the molecule is COC(=O)C1=C(C)NC(C)=C(C(=O)OC)C1c1cccc2c1oc1ccccc12. The van der Waals surface area contributed by atoms with Gasteiger partial charge in [0.25, 0.3) is 0 Å². The van der Waals surface area contributed by atoms with Gasteiger partial charge in [-0.1, -0.05) is 36.4 Å². The molecule has 0 bridgehead atoms. The van der Waals surface area contributed by atoms with Crippen LogP contribution in [0, 0.1) is 0 Å². The van der Waals surface area contributed by atoms with Crippen LogP contribution >= 0.6 is 0 Å². The number of carbonyl (C=O) groups excluding carboxylic acids is 2. The van der Waals surface area contributed by atoms with Crippen LogP contribution in [0.2, 0.25) is 0 Å². The molecule has 0 radical (unpaired) electrons. The quantitative estimate of drug-likeness (QED) is 0.676. The van der Waals surface area contributed by atoms with Crippen molar-refractivity contribution in [2.45, 2.75) is 19.8 Å². The van der Waals surface area contributed by atoms with Crippen LogP contribution in [0.3, 0.4) is 0 Å². The standard InChI is InChI=1S/C23H21NO5/c1-12-18(22(25)27-3)20(19(13(2)24-12)23(26)28-4)16-10-7-9-15-14-8-5-6-11-17(14)29-21(15)16/h5-11,20,24H,1-4H3. The predicted octanol–water partition coefficient (Wildman–Crippen LogP) is 4.17. The summed E-state index contributed by atoms with van der Waals surface area (Å²) in [5, 5.41) is 5.00. The van der Waals surface area contributed by atoms with E-state index in [9.17, 15) is 9.59 Å². The highest BCUT2D eigenvalue weighted by atomic mass is 16.5. The van der Waals surface area contributed by atoms with E-state index in [1.54, 1.807) is 13.8 Å². The zero-order valence-corrected chi connectivity index (χ0v) is 16.7. The second-order valence-electron chi connectivity index (χ2n) is 6.94. The first-order valence-electron chi connectivity index (χ1n) is 9.23. The molecule has 148 valence electrons. The van der Waals surface area contributed by atoms with E-state index >= 15 is 0 Å². The van der Waals surface area contributed by atoms with Gasteiger partial charge in [-0.15, -0.1) is 0 Å². The van der Waals surface area contributed by atoms with Crippen molar-refractivity contribution in [3.05, 3.63) is 70.6 Å². The van der Waals surface area contributed by atoms with Crippen LogP contribution in [-0.4, -0.2) is 26.2 Å². The van der Waals surface area contributed by atoms with Gasteiger partial charge in [0.1, 0.15) is 11.2 Å². The molecular weight excluding hydrogens is 370 g/mol. The smallest absolute Gasteiger partial charge is 0.336 e. The number of rotatable bonds is 3. The Kier molecular flexibility index (Phi) is 4.62. The Balaban J connectivity index is 2.06. The van der Waals surface area contributed by atoms with Gasteiger partial charge < -0.3 is 19.2 Å². The van der Waals surface area contributed by atoms with Crippen LogP contribution in [0.4, 0.5) is 0 Å². The molecule has 0 atom stereocenters. The number of methoxy groups -OCH3 is 2. The average molecular weight is 391 g/mol. The summed E-state index contributed by atoms with van der Waals surface area (Å²) in [4.78, 5) is 25.4. The zero-order valence-electron chi connectivity index (χ0n) is 16.7. The largest absolute Gasteiger partial charge is 0.466 e. The average Bonchev–Trinajstić information content (AvgIpc) is 3.11. The fraction of sp³-hybridized carbons (Fsp3) is 0.217.